The maximum atomic E-state index is 5.71. The normalized spacial score (nSPS) is 16.6. The van der Waals surface area contributed by atoms with Crippen molar-refractivity contribution in [3.8, 4) is 0 Å². The minimum absolute atomic E-state index is 0.351. The van der Waals surface area contributed by atoms with Gasteiger partial charge in [-0.25, -0.2) is 9.97 Å². The second-order valence-corrected chi connectivity index (χ2v) is 3.95. The molecule has 0 atom stereocenters. The number of aromatic nitrogens is 2. The molecule has 1 aliphatic rings. The van der Waals surface area contributed by atoms with E-state index in [2.05, 4.69) is 28.7 Å². The molecule has 0 fully saturated rings. The lowest BCUT2D eigenvalue weighted by atomic mass is 10.3. The fourth-order valence-electron chi connectivity index (χ4n) is 1.52. The van der Waals surface area contributed by atoms with Crippen molar-refractivity contribution >= 4 is 11.6 Å². The van der Waals surface area contributed by atoms with Crippen molar-refractivity contribution in [2.45, 2.75) is 33.0 Å². The van der Waals surface area contributed by atoms with Crippen molar-refractivity contribution in [2.24, 2.45) is 0 Å². The lowest BCUT2D eigenvalue weighted by Crippen LogP contribution is -2.24. The van der Waals surface area contributed by atoms with E-state index in [9.17, 15) is 0 Å². The topological polar surface area (TPSA) is 29.0 Å². The first-order valence-corrected chi connectivity index (χ1v) is 4.79. The summed E-state index contributed by atoms with van der Waals surface area (Å²) in [4.78, 5) is 10.5. The van der Waals surface area contributed by atoms with Gasteiger partial charge in [0, 0.05) is 30.9 Å². The van der Waals surface area contributed by atoms with E-state index in [0.717, 1.165) is 18.8 Å². The molecule has 1 aromatic rings. The van der Waals surface area contributed by atoms with Gasteiger partial charge in [0.25, 0.3) is 0 Å². The Morgan fingerprint density at radius 1 is 1.46 bits per heavy atom. The smallest absolute Gasteiger partial charge is 0.222 e. The largest absolute Gasteiger partial charge is 0.291 e. The molecule has 1 aromatic heterocycles. The molecule has 0 saturated carbocycles. The highest BCUT2D eigenvalue weighted by Gasteiger charge is 2.22. The van der Waals surface area contributed by atoms with Gasteiger partial charge >= 0.3 is 0 Å². The molecular weight excluding hydrogens is 186 g/mol. The van der Waals surface area contributed by atoms with Crippen LogP contribution in [0.5, 0.6) is 0 Å². The summed E-state index contributed by atoms with van der Waals surface area (Å²) in [5.74, 6) is 0. The summed E-state index contributed by atoms with van der Waals surface area (Å²) < 4.78 is 0. The van der Waals surface area contributed by atoms with Gasteiger partial charge in [0.15, 0.2) is 0 Å². The summed E-state index contributed by atoms with van der Waals surface area (Å²) in [6.45, 7) is 6.21. The molecule has 0 N–H and O–H groups in total. The van der Waals surface area contributed by atoms with Gasteiger partial charge in [-0.3, -0.25) is 4.90 Å². The van der Waals surface area contributed by atoms with E-state index in [1.807, 2.05) is 6.20 Å². The van der Waals surface area contributed by atoms with Gasteiger partial charge in [0.2, 0.25) is 5.28 Å². The number of nitrogens with zero attached hydrogens (tertiary/aromatic N) is 3. The molecule has 0 unspecified atom stereocenters. The number of hydrogen-bond acceptors (Lipinski definition) is 3. The van der Waals surface area contributed by atoms with Crippen LogP contribution < -0.4 is 0 Å². The fraction of sp³-hybridized carbons (Fsp3) is 0.556. The quantitative estimate of drug-likeness (QED) is 0.644. The predicted molar refractivity (Wildman–Crippen MR) is 51.4 cm³/mol. The van der Waals surface area contributed by atoms with Crippen molar-refractivity contribution < 1.29 is 0 Å². The molecule has 70 valence electrons. The van der Waals surface area contributed by atoms with Gasteiger partial charge < -0.3 is 0 Å². The molecule has 0 bridgehead atoms. The lowest BCUT2D eigenvalue weighted by Gasteiger charge is -2.18. The molecular formula is C9H12ClN3. The first-order valence-electron chi connectivity index (χ1n) is 4.41. The first-order chi connectivity index (χ1) is 6.16. The van der Waals surface area contributed by atoms with Gasteiger partial charge in [-0.2, -0.15) is 0 Å². The molecule has 0 saturated heterocycles. The standard InChI is InChI=1S/C9H12ClN3/c1-6(2)13-4-7-3-11-9(10)12-8(7)5-13/h3,6H,4-5H2,1-2H3. The van der Waals surface area contributed by atoms with E-state index in [1.54, 1.807) is 0 Å². The Morgan fingerprint density at radius 3 is 2.92 bits per heavy atom. The van der Waals surface area contributed by atoms with E-state index >= 15 is 0 Å². The number of hydrogen-bond donors (Lipinski definition) is 0. The Hall–Kier alpha value is -0.670. The van der Waals surface area contributed by atoms with Crippen LogP contribution in [-0.2, 0) is 13.1 Å². The second-order valence-electron chi connectivity index (χ2n) is 3.61. The summed E-state index contributed by atoms with van der Waals surface area (Å²) in [5.41, 5.74) is 2.28. The van der Waals surface area contributed by atoms with Gasteiger partial charge in [-0.1, -0.05) is 0 Å². The van der Waals surface area contributed by atoms with Crippen molar-refractivity contribution in [1.82, 2.24) is 14.9 Å². The molecule has 0 amide bonds. The summed E-state index contributed by atoms with van der Waals surface area (Å²) in [6, 6.07) is 0.549. The zero-order valence-corrected chi connectivity index (χ0v) is 8.54. The van der Waals surface area contributed by atoms with Gasteiger partial charge in [-0.05, 0) is 25.4 Å². The highest BCUT2D eigenvalue weighted by Crippen LogP contribution is 2.22. The van der Waals surface area contributed by atoms with Crippen LogP contribution in [0.25, 0.3) is 0 Å². The SMILES string of the molecule is CC(C)N1Cc2cnc(Cl)nc2C1. The van der Waals surface area contributed by atoms with Gasteiger partial charge in [0.05, 0.1) is 5.69 Å². The van der Waals surface area contributed by atoms with E-state index in [1.165, 1.54) is 5.56 Å². The third kappa shape index (κ3) is 1.67. The monoisotopic (exact) mass is 197 g/mol. The zero-order valence-electron chi connectivity index (χ0n) is 7.79. The van der Waals surface area contributed by atoms with Gasteiger partial charge in [-0.15, -0.1) is 0 Å². The lowest BCUT2D eigenvalue weighted by molar-refractivity contribution is 0.226. The van der Waals surface area contributed by atoms with Crippen LogP contribution in [0.1, 0.15) is 25.1 Å². The minimum atomic E-state index is 0.351. The highest BCUT2D eigenvalue weighted by molar-refractivity contribution is 6.28. The highest BCUT2D eigenvalue weighted by atomic mass is 35.5. The molecule has 3 nitrogen and oxygen atoms in total. The molecule has 2 rings (SSSR count). The van der Waals surface area contributed by atoms with Crippen LogP contribution in [0.3, 0.4) is 0 Å². The molecule has 0 aliphatic carbocycles. The van der Waals surface area contributed by atoms with E-state index in [4.69, 9.17) is 11.6 Å². The number of fused-ring (bicyclic) bond motifs is 1. The van der Waals surface area contributed by atoms with E-state index < -0.39 is 0 Å². The average Bonchev–Trinajstić information content (AvgIpc) is 2.46. The van der Waals surface area contributed by atoms with Crippen LogP contribution in [0.2, 0.25) is 5.28 Å². The van der Waals surface area contributed by atoms with Crippen LogP contribution in [0.4, 0.5) is 0 Å². The maximum Gasteiger partial charge on any atom is 0.222 e. The minimum Gasteiger partial charge on any atom is -0.291 e. The maximum absolute atomic E-state index is 5.71. The summed E-state index contributed by atoms with van der Waals surface area (Å²) in [6.07, 6.45) is 1.83. The summed E-state index contributed by atoms with van der Waals surface area (Å²) >= 11 is 5.71. The molecule has 0 aromatic carbocycles. The van der Waals surface area contributed by atoms with Crippen LogP contribution in [0, 0.1) is 0 Å². The molecule has 0 radical (unpaired) electrons. The zero-order chi connectivity index (χ0) is 9.42. The summed E-state index contributed by atoms with van der Waals surface area (Å²) in [5, 5.41) is 0.351. The second kappa shape index (κ2) is 3.24. The fourth-order valence-corrected chi connectivity index (χ4v) is 1.67. The van der Waals surface area contributed by atoms with Crippen molar-refractivity contribution in [3.63, 3.8) is 0 Å². The van der Waals surface area contributed by atoms with Crippen molar-refractivity contribution in [1.29, 1.82) is 0 Å². The Bertz CT molecular complexity index is 325. The third-order valence-electron chi connectivity index (χ3n) is 2.38. The first kappa shape index (κ1) is 8.91. The summed E-state index contributed by atoms with van der Waals surface area (Å²) in [7, 11) is 0. The molecule has 0 spiro atoms. The Morgan fingerprint density at radius 2 is 2.23 bits per heavy atom. The molecule has 13 heavy (non-hydrogen) atoms. The van der Waals surface area contributed by atoms with Crippen molar-refractivity contribution in [2.75, 3.05) is 0 Å². The third-order valence-corrected chi connectivity index (χ3v) is 2.56. The Labute approximate surface area is 82.8 Å². The number of halogens is 1. The Balaban J connectivity index is 2.25. The van der Waals surface area contributed by atoms with Crippen LogP contribution in [0.15, 0.2) is 6.20 Å². The predicted octanol–water partition coefficient (Wildman–Crippen LogP) is 1.85. The van der Waals surface area contributed by atoms with Gasteiger partial charge in [0.1, 0.15) is 0 Å². The van der Waals surface area contributed by atoms with Crippen LogP contribution >= 0.6 is 11.6 Å². The Kier molecular flexibility index (Phi) is 2.22. The van der Waals surface area contributed by atoms with E-state index in [-0.39, 0.29) is 0 Å². The molecule has 2 heterocycles. The average molecular weight is 198 g/mol. The number of rotatable bonds is 1. The van der Waals surface area contributed by atoms with Crippen LogP contribution in [-0.4, -0.2) is 20.9 Å². The van der Waals surface area contributed by atoms with E-state index in [0.29, 0.717) is 11.3 Å². The molecule has 4 heteroatoms. The molecule has 1 aliphatic heterocycles. The van der Waals surface area contributed by atoms with Crippen molar-refractivity contribution in [3.05, 3.63) is 22.7 Å².